The van der Waals surface area contributed by atoms with Gasteiger partial charge in [0.2, 0.25) is 0 Å². The zero-order chi connectivity index (χ0) is 23.8. The molecule has 0 unspecified atom stereocenters. The number of hydrogen-bond donors (Lipinski definition) is 4. The minimum atomic E-state index is -1.29. The largest absolute Gasteiger partial charge is 0.392 e. The van der Waals surface area contributed by atoms with Crippen molar-refractivity contribution >= 4 is 39.9 Å². The lowest BCUT2D eigenvalue weighted by molar-refractivity contribution is -0.0824. The van der Waals surface area contributed by atoms with Gasteiger partial charge in [0.05, 0.1) is 36.1 Å². The highest BCUT2D eigenvalue weighted by atomic mass is 127. The summed E-state index contributed by atoms with van der Waals surface area (Å²) in [7, 11) is 0. The number of nitrogens with zero attached hydrogens (tertiary/aromatic N) is 1. The summed E-state index contributed by atoms with van der Waals surface area (Å²) < 4.78 is 43.4. The maximum Gasteiger partial charge on any atom is 0.256 e. The predicted octanol–water partition coefficient (Wildman–Crippen LogP) is 3.53. The Morgan fingerprint density at radius 3 is 2.55 bits per heavy atom. The third-order valence-electron chi connectivity index (χ3n) is 6.20. The average Bonchev–Trinajstić information content (AvgIpc) is 2.76. The van der Waals surface area contributed by atoms with Gasteiger partial charge in [0, 0.05) is 16.2 Å². The zero-order valence-electron chi connectivity index (χ0n) is 17.8. The lowest BCUT2D eigenvalue weighted by Gasteiger charge is -2.47. The molecule has 0 radical (unpaired) electrons. The van der Waals surface area contributed by atoms with E-state index in [1.807, 2.05) is 22.6 Å². The van der Waals surface area contributed by atoms with Gasteiger partial charge in [-0.15, -0.1) is 0 Å². The van der Waals surface area contributed by atoms with Gasteiger partial charge in [-0.3, -0.25) is 4.79 Å². The Kier molecular flexibility index (Phi) is 7.18. The number of nitrogens with one attached hydrogen (secondary N) is 2. The van der Waals surface area contributed by atoms with Crippen LogP contribution in [0, 0.1) is 21.0 Å². The maximum absolute atomic E-state index is 14.6. The number of aliphatic hydroxyl groups excluding tert-OH is 1. The van der Waals surface area contributed by atoms with Crippen LogP contribution in [0.1, 0.15) is 36.0 Å². The Hall–Kier alpha value is -1.89. The number of aliphatic hydroxyl groups is 2. The molecule has 0 spiro atoms. The molecular weight excluding hydrogens is 550 g/mol. The number of carbonyl (C=O) groups excluding carboxylic acids is 1. The first-order chi connectivity index (χ1) is 15.7. The van der Waals surface area contributed by atoms with Gasteiger partial charge < -0.3 is 25.7 Å². The zero-order valence-corrected chi connectivity index (χ0v) is 19.9. The summed E-state index contributed by atoms with van der Waals surface area (Å²) in [4.78, 5) is 14.3. The van der Waals surface area contributed by atoms with E-state index in [4.69, 9.17) is 0 Å². The highest BCUT2D eigenvalue weighted by molar-refractivity contribution is 14.1. The predicted molar refractivity (Wildman–Crippen MR) is 126 cm³/mol. The third-order valence-corrected chi connectivity index (χ3v) is 6.87. The molecular formula is C23H25F3IN3O3. The van der Waals surface area contributed by atoms with Crippen molar-refractivity contribution in [2.45, 2.75) is 43.4 Å². The van der Waals surface area contributed by atoms with Crippen LogP contribution < -0.4 is 10.6 Å². The Labute approximate surface area is 203 Å². The molecule has 2 aliphatic rings. The normalized spacial score (nSPS) is 22.1. The van der Waals surface area contributed by atoms with Crippen molar-refractivity contribution in [3.05, 3.63) is 56.9 Å². The number of amides is 1. The van der Waals surface area contributed by atoms with E-state index < -0.39 is 40.8 Å². The second-order valence-electron chi connectivity index (χ2n) is 8.76. The number of likely N-dealkylation sites (tertiary alicyclic amines) is 1. The van der Waals surface area contributed by atoms with Crippen molar-refractivity contribution in [1.29, 1.82) is 0 Å². The monoisotopic (exact) mass is 575 g/mol. The second kappa shape index (κ2) is 9.77. The fourth-order valence-electron chi connectivity index (χ4n) is 4.34. The van der Waals surface area contributed by atoms with Gasteiger partial charge >= 0.3 is 0 Å². The molecule has 0 aromatic heterocycles. The number of β-amino-alcohol motifs (C(OH)–C–C–N with tert-alkyl or cyclic N) is 1. The van der Waals surface area contributed by atoms with Crippen molar-refractivity contribution in [3.63, 3.8) is 0 Å². The lowest BCUT2D eigenvalue weighted by Crippen LogP contribution is -2.68. The first kappa shape index (κ1) is 24.2. The topological polar surface area (TPSA) is 84.8 Å². The molecule has 178 valence electrons. The molecule has 1 aliphatic heterocycles. The van der Waals surface area contributed by atoms with Crippen molar-refractivity contribution in [1.82, 2.24) is 10.2 Å². The first-order valence-electron chi connectivity index (χ1n) is 10.8. The van der Waals surface area contributed by atoms with Crippen LogP contribution in [0.4, 0.5) is 24.5 Å². The van der Waals surface area contributed by atoms with E-state index in [1.54, 1.807) is 6.07 Å². The van der Waals surface area contributed by atoms with Gasteiger partial charge in [-0.1, -0.05) is 12.8 Å². The molecule has 2 atom stereocenters. The first-order valence-corrected chi connectivity index (χ1v) is 11.9. The van der Waals surface area contributed by atoms with Gasteiger partial charge in [0.15, 0.2) is 11.6 Å². The van der Waals surface area contributed by atoms with Crippen LogP contribution in [0.2, 0.25) is 0 Å². The highest BCUT2D eigenvalue weighted by Crippen LogP contribution is 2.32. The number of rotatable bonds is 6. The van der Waals surface area contributed by atoms with E-state index in [-0.39, 0.29) is 36.9 Å². The molecule has 0 bridgehead atoms. The fraction of sp³-hybridized carbons (Fsp3) is 0.435. The SMILES string of the molecule is O=C(c1ccc(F)c(F)c1Nc1ccc(I)cc1F)N1CC(O)(CN[C@H]2CCCC[C@@H]2O)C1. The van der Waals surface area contributed by atoms with E-state index >= 15 is 0 Å². The number of hydrogen-bond acceptors (Lipinski definition) is 5. The van der Waals surface area contributed by atoms with Crippen LogP contribution >= 0.6 is 22.6 Å². The molecule has 10 heteroatoms. The Morgan fingerprint density at radius 2 is 1.85 bits per heavy atom. The number of carbonyl (C=O) groups is 1. The second-order valence-corrected chi connectivity index (χ2v) is 10.0. The van der Waals surface area contributed by atoms with Crippen LogP contribution in [0.5, 0.6) is 0 Å². The van der Waals surface area contributed by atoms with Crippen LogP contribution in [-0.2, 0) is 0 Å². The van der Waals surface area contributed by atoms with Crippen LogP contribution in [-0.4, -0.2) is 58.4 Å². The van der Waals surface area contributed by atoms with Crippen LogP contribution in [0.25, 0.3) is 0 Å². The molecule has 1 saturated carbocycles. The number of anilines is 2. The summed E-state index contributed by atoms with van der Waals surface area (Å²) in [6.45, 7) is 0.200. The van der Waals surface area contributed by atoms with Gasteiger partial charge in [-0.05, 0) is 65.8 Å². The minimum absolute atomic E-state index is 0.00201. The molecule has 2 fully saturated rings. The van der Waals surface area contributed by atoms with Gasteiger partial charge in [0.25, 0.3) is 5.91 Å². The molecule has 1 heterocycles. The van der Waals surface area contributed by atoms with Gasteiger partial charge in [-0.2, -0.15) is 0 Å². The Balaban J connectivity index is 1.46. The van der Waals surface area contributed by atoms with E-state index in [0.29, 0.717) is 9.99 Å². The molecule has 2 aromatic rings. The molecule has 33 heavy (non-hydrogen) atoms. The molecule has 4 rings (SSSR count). The third kappa shape index (κ3) is 5.28. The van der Waals surface area contributed by atoms with Gasteiger partial charge in [0.1, 0.15) is 11.4 Å². The van der Waals surface area contributed by atoms with E-state index in [1.165, 1.54) is 17.0 Å². The number of halogens is 4. The molecule has 6 nitrogen and oxygen atoms in total. The fourth-order valence-corrected chi connectivity index (χ4v) is 4.79. The summed E-state index contributed by atoms with van der Waals surface area (Å²) in [6.07, 6.45) is 3.05. The Morgan fingerprint density at radius 1 is 1.12 bits per heavy atom. The molecule has 2 aromatic carbocycles. The van der Waals surface area contributed by atoms with E-state index in [0.717, 1.165) is 31.4 Å². The average molecular weight is 575 g/mol. The quantitative estimate of drug-likeness (QED) is 0.397. The number of benzene rings is 2. The molecule has 1 aliphatic carbocycles. The summed E-state index contributed by atoms with van der Waals surface area (Å²) in [5.41, 5.74) is -1.89. The summed E-state index contributed by atoms with van der Waals surface area (Å²) in [5.74, 6) is -3.74. The van der Waals surface area contributed by atoms with Crippen molar-refractivity contribution in [2.24, 2.45) is 0 Å². The minimum Gasteiger partial charge on any atom is -0.392 e. The lowest BCUT2D eigenvalue weighted by atomic mass is 9.89. The van der Waals surface area contributed by atoms with E-state index in [2.05, 4.69) is 10.6 Å². The Bertz CT molecular complexity index is 1050. The smallest absolute Gasteiger partial charge is 0.256 e. The summed E-state index contributed by atoms with van der Waals surface area (Å²) in [5, 5.41) is 26.5. The molecule has 1 amide bonds. The molecule has 4 N–H and O–H groups in total. The van der Waals surface area contributed by atoms with Gasteiger partial charge in [-0.25, -0.2) is 13.2 Å². The standard InChI is InChI=1S/C23H25F3IN3O3/c24-15-7-6-14(21(20(15)26)29-17-8-5-13(27)9-16(17)25)22(32)30-11-23(33,12-30)10-28-18-3-1-2-4-19(18)31/h5-9,18-19,28-29,31,33H,1-4,10-12H2/t18-,19-/m0/s1. The highest BCUT2D eigenvalue weighted by Gasteiger charge is 2.45. The maximum atomic E-state index is 14.6. The van der Waals surface area contributed by atoms with Crippen molar-refractivity contribution in [3.8, 4) is 0 Å². The van der Waals surface area contributed by atoms with Crippen LogP contribution in [0.3, 0.4) is 0 Å². The van der Waals surface area contributed by atoms with Crippen molar-refractivity contribution in [2.75, 3.05) is 25.0 Å². The summed E-state index contributed by atoms with van der Waals surface area (Å²) in [6, 6.07) is 6.09. The molecule has 1 saturated heterocycles. The van der Waals surface area contributed by atoms with Crippen molar-refractivity contribution < 1.29 is 28.2 Å². The summed E-state index contributed by atoms with van der Waals surface area (Å²) >= 11 is 1.92. The van der Waals surface area contributed by atoms with Crippen LogP contribution in [0.15, 0.2) is 30.3 Å². The van der Waals surface area contributed by atoms with E-state index in [9.17, 15) is 28.2 Å².